The Morgan fingerprint density at radius 2 is 2.00 bits per heavy atom. The van der Waals surface area contributed by atoms with Gasteiger partial charge in [-0.25, -0.2) is 0 Å². The van der Waals surface area contributed by atoms with Crippen LogP contribution in [0.1, 0.15) is 25.5 Å². The van der Waals surface area contributed by atoms with Gasteiger partial charge in [-0.1, -0.05) is 35.8 Å². The molecule has 14 heavy (non-hydrogen) atoms. The highest BCUT2D eigenvalue weighted by atomic mass is 79.9. The number of hydrogen-bond acceptors (Lipinski definition) is 2. The molecule has 0 amide bonds. The average Bonchev–Trinajstić information content (AvgIpc) is 2.16. The molecule has 1 rings (SSSR count). The van der Waals surface area contributed by atoms with E-state index in [-0.39, 0.29) is 6.04 Å². The SMILES string of the molecule is COc1cc(Br)ccc1C(N)C(C)C. The fourth-order valence-corrected chi connectivity index (χ4v) is 1.66. The second-order valence-electron chi connectivity index (χ2n) is 3.66. The molecule has 0 bridgehead atoms. The standard InChI is InChI=1S/C11H16BrNO/c1-7(2)11(13)9-5-4-8(12)6-10(9)14-3/h4-7,11H,13H2,1-3H3. The fourth-order valence-electron chi connectivity index (χ4n) is 1.32. The van der Waals surface area contributed by atoms with Gasteiger partial charge in [0.15, 0.2) is 0 Å². The number of ether oxygens (including phenoxy) is 1. The van der Waals surface area contributed by atoms with E-state index >= 15 is 0 Å². The number of benzene rings is 1. The first-order valence-electron chi connectivity index (χ1n) is 4.65. The molecule has 0 fully saturated rings. The number of halogens is 1. The van der Waals surface area contributed by atoms with Gasteiger partial charge in [0.2, 0.25) is 0 Å². The summed E-state index contributed by atoms with van der Waals surface area (Å²) >= 11 is 3.40. The molecule has 0 saturated heterocycles. The summed E-state index contributed by atoms with van der Waals surface area (Å²) in [6.45, 7) is 4.21. The lowest BCUT2D eigenvalue weighted by Gasteiger charge is -2.19. The summed E-state index contributed by atoms with van der Waals surface area (Å²) in [7, 11) is 1.66. The molecule has 1 atom stereocenters. The molecule has 0 aliphatic carbocycles. The van der Waals surface area contributed by atoms with Crippen LogP contribution in [0, 0.1) is 5.92 Å². The van der Waals surface area contributed by atoms with E-state index < -0.39 is 0 Å². The molecular weight excluding hydrogens is 242 g/mol. The van der Waals surface area contributed by atoms with Crippen LogP contribution in [-0.4, -0.2) is 7.11 Å². The maximum absolute atomic E-state index is 6.07. The highest BCUT2D eigenvalue weighted by Crippen LogP contribution is 2.30. The molecular formula is C11H16BrNO. The highest BCUT2D eigenvalue weighted by Gasteiger charge is 2.15. The molecule has 3 heteroatoms. The zero-order chi connectivity index (χ0) is 10.7. The van der Waals surface area contributed by atoms with Crippen LogP contribution in [0.25, 0.3) is 0 Å². The molecule has 2 N–H and O–H groups in total. The Morgan fingerprint density at radius 3 is 2.50 bits per heavy atom. The Labute approximate surface area is 93.6 Å². The topological polar surface area (TPSA) is 35.2 Å². The number of nitrogens with two attached hydrogens (primary N) is 1. The number of rotatable bonds is 3. The molecule has 2 nitrogen and oxygen atoms in total. The lowest BCUT2D eigenvalue weighted by atomic mass is 9.96. The highest BCUT2D eigenvalue weighted by molar-refractivity contribution is 9.10. The van der Waals surface area contributed by atoms with Crippen molar-refractivity contribution < 1.29 is 4.74 Å². The van der Waals surface area contributed by atoms with Crippen LogP contribution < -0.4 is 10.5 Å². The van der Waals surface area contributed by atoms with Crippen LogP contribution in [0.5, 0.6) is 5.75 Å². The Hall–Kier alpha value is -0.540. The molecule has 1 unspecified atom stereocenters. The van der Waals surface area contributed by atoms with E-state index in [1.54, 1.807) is 7.11 Å². The van der Waals surface area contributed by atoms with Gasteiger partial charge in [0.05, 0.1) is 7.11 Å². The molecule has 0 spiro atoms. The fraction of sp³-hybridized carbons (Fsp3) is 0.455. The van der Waals surface area contributed by atoms with E-state index in [9.17, 15) is 0 Å². The summed E-state index contributed by atoms with van der Waals surface area (Å²) in [5.41, 5.74) is 7.13. The van der Waals surface area contributed by atoms with Gasteiger partial charge in [0, 0.05) is 16.1 Å². The van der Waals surface area contributed by atoms with Crippen molar-refractivity contribution in [3.05, 3.63) is 28.2 Å². The minimum absolute atomic E-state index is 0.0260. The van der Waals surface area contributed by atoms with Gasteiger partial charge in [-0.3, -0.25) is 0 Å². The Kier molecular flexibility index (Phi) is 3.96. The van der Waals surface area contributed by atoms with Crippen LogP contribution in [-0.2, 0) is 0 Å². The zero-order valence-corrected chi connectivity index (χ0v) is 10.3. The van der Waals surface area contributed by atoms with Crippen molar-refractivity contribution in [2.45, 2.75) is 19.9 Å². The second-order valence-corrected chi connectivity index (χ2v) is 4.57. The van der Waals surface area contributed by atoms with Gasteiger partial charge < -0.3 is 10.5 Å². The predicted octanol–water partition coefficient (Wildman–Crippen LogP) is 3.11. The third-order valence-corrected chi connectivity index (χ3v) is 2.77. The summed E-state index contributed by atoms with van der Waals surface area (Å²) in [4.78, 5) is 0. The first kappa shape index (κ1) is 11.5. The van der Waals surface area contributed by atoms with Crippen molar-refractivity contribution in [1.29, 1.82) is 0 Å². The predicted molar refractivity (Wildman–Crippen MR) is 62.5 cm³/mol. The quantitative estimate of drug-likeness (QED) is 0.904. The van der Waals surface area contributed by atoms with Crippen molar-refractivity contribution in [2.75, 3.05) is 7.11 Å². The van der Waals surface area contributed by atoms with Gasteiger partial charge in [-0.2, -0.15) is 0 Å². The average molecular weight is 258 g/mol. The molecule has 1 aromatic rings. The molecule has 0 aromatic heterocycles. The lowest BCUT2D eigenvalue weighted by molar-refractivity contribution is 0.396. The van der Waals surface area contributed by atoms with Crippen molar-refractivity contribution in [1.82, 2.24) is 0 Å². The summed E-state index contributed by atoms with van der Waals surface area (Å²) in [5, 5.41) is 0. The Morgan fingerprint density at radius 1 is 1.36 bits per heavy atom. The minimum atomic E-state index is 0.0260. The summed E-state index contributed by atoms with van der Waals surface area (Å²) in [6.07, 6.45) is 0. The molecule has 0 heterocycles. The monoisotopic (exact) mass is 257 g/mol. The van der Waals surface area contributed by atoms with Crippen LogP contribution >= 0.6 is 15.9 Å². The first-order valence-corrected chi connectivity index (χ1v) is 5.44. The van der Waals surface area contributed by atoms with Crippen molar-refractivity contribution in [2.24, 2.45) is 11.7 Å². The molecule has 0 radical (unpaired) electrons. The molecule has 0 aliphatic heterocycles. The van der Waals surface area contributed by atoms with Crippen molar-refractivity contribution in [3.63, 3.8) is 0 Å². The molecule has 0 aliphatic rings. The number of hydrogen-bond donors (Lipinski definition) is 1. The summed E-state index contributed by atoms with van der Waals surface area (Å²) < 4.78 is 6.30. The van der Waals surface area contributed by atoms with Gasteiger partial charge in [0.1, 0.15) is 5.75 Å². The molecule has 1 aromatic carbocycles. The maximum Gasteiger partial charge on any atom is 0.124 e. The van der Waals surface area contributed by atoms with Gasteiger partial charge in [-0.15, -0.1) is 0 Å². The van der Waals surface area contributed by atoms with Crippen molar-refractivity contribution in [3.8, 4) is 5.75 Å². The van der Waals surface area contributed by atoms with E-state index in [2.05, 4.69) is 29.8 Å². The second kappa shape index (κ2) is 4.80. The van der Waals surface area contributed by atoms with E-state index in [1.165, 1.54) is 0 Å². The van der Waals surface area contributed by atoms with Crippen LogP contribution in [0.3, 0.4) is 0 Å². The number of methoxy groups -OCH3 is 1. The van der Waals surface area contributed by atoms with Gasteiger partial charge >= 0.3 is 0 Å². The summed E-state index contributed by atoms with van der Waals surface area (Å²) in [5.74, 6) is 1.26. The Balaban J connectivity index is 3.07. The van der Waals surface area contributed by atoms with E-state index in [1.807, 2.05) is 18.2 Å². The lowest BCUT2D eigenvalue weighted by Crippen LogP contribution is -2.17. The van der Waals surface area contributed by atoms with E-state index in [0.29, 0.717) is 5.92 Å². The zero-order valence-electron chi connectivity index (χ0n) is 8.75. The van der Waals surface area contributed by atoms with Crippen LogP contribution in [0.15, 0.2) is 22.7 Å². The smallest absolute Gasteiger partial charge is 0.124 e. The normalized spacial score (nSPS) is 13.0. The maximum atomic E-state index is 6.07. The molecule has 78 valence electrons. The van der Waals surface area contributed by atoms with Gasteiger partial charge in [0.25, 0.3) is 0 Å². The third kappa shape index (κ3) is 2.49. The van der Waals surface area contributed by atoms with E-state index in [4.69, 9.17) is 10.5 Å². The summed E-state index contributed by atoms with van der Waals surface area (Å²) in [6, 6.07) is 5.96. The van der Waals surface area contributed by atoms with E-state index in [0.717, 1.165) is 15.8 Å². The Bertz CT molecular complexity index is 312. The first-order chi connectivity index (χ1) is 6.56. The third-order valence-electron chi connectivity index (χ3n) is 2.27. The molecule has 0 saturated carbocycles. The largest absolute Gasteiger partial charge is 0.496 e. The van der Waals surface area contributed by atoms with Crippen molar-refractivity contribution >= 4 is 15.9 Å². The van der Waals surface area contributed by atoms with Gasteiger partial charge in [-0.05, 0) is 18.1 Å². The van der Waals surface area contributed by atoms with Crippen LogP contribution in [0.4, 0.5) is 0 Å². The minimum Gasteiger partial charge on any atom is -0.496 e. The van der Waals surface area contributed by atoms with Crippen LogP contribution in [0.2, 0.25) is 0 Å².